The third-order valence-corrected chi connectivity index (χ3v) is 6.08. The van der Waals surface area contributed by atoms with Gasteiger partial charge in [-0.3, -0.25) is 9.36 Å². The number of oxime groups is 1. The number of nitrogens with zero attached hydrogens (tertiary/aromatic N) is 5. The average molecular weight is 542 g/mol. The van der Waals surface area contributed by atoms with Gasteiger partial charge in [-0.15, -0.1) is 0 Å². The summed E-state index contributed by atoms with van der Waals surface area (Å²) in [7, 11) is 2.96. The molecule has 212 valence electrons. The van der Waals surface area contributed by atoms with Crippen LogP contribution in [0.3, 0.4) is 0 Å². The van der Waals surface area contributed by atoms with Gasteiger partial charge in [0.25, 0.3) is 5.56 Å². The summed E-state index contributed by atoms with van der Waals surface area (Å²) in [6, 6.07) is 6.82. The molecule has 1 saturated heterocycles. The molecule has 1 aromatic carbocycles. The van der Waals surface area contributed by atoms with Gasteiger partial charge < -0.3 is 19.2 Å². The van der Waals surface area contributed by atoms with Crippen molar-refractivity contribution in [2.75, 3.05) is 32.3 Å². The van der Waals surface area contributed by atoms with Gasteiger partial charge in [0.1, 0.15) is 17.6 Å². The molecule has 1 aliphatic heterocycles. The number of hydrogen-bond donors (Lipinski definition) is 0. The molecule has 0 bridgehead atoms. The molecule has 2 amide bonds. The Morgan fingerprint density at radius 3 is 2.31 bits per heavy atom. The number of benzene rings is 1. The molecule has 0 unspecified atom stereocenters. The molecule has 0 atom stereocenters. The lowest BCUT2D eigenvalue weighted by atomic mass is 10.1. The summed E-state index contributed by atoms with van der Waals surface area (Å²) >= 11 is 0. The lowest BCUT2D eigenvalue weighted by Gasteiger charge is -2.31. The SMILES string of the molecule is COc1ccccc1/C(=C/n1cc(/C(C)=N/OC(C)C)c(=O)n(N(C)C(=O)N2CCCCC2)c1=O)OC(C)C. The molecule has 3 rings (SSSR count). The molecule has 1 aromatic heterocycles. The zero-order valence-corrected chi connectivity index (χ0v) is 23.8. The number of hydrogen-bond acceptors (Lipinski definition) is 7. The molecular weight excluding hydrogens is 502 g/mol. The zero-order valence-electron chi connectivity index (χ0n) is 23.8. The number of ether oxygens (including phenoxy) is 2. The van der Waals surface area contributed by atoms with E-state index in [2.05, 4.69) is 5.16 Å². The number of rotatable bonds is 9. The quantitative estimate of drug-likeness (QED) is 0.272. The van der Waals surface area contributed by atoms with Crippen molar-refractivity contribution in [3.63, 3.8) is 0 Å². The highest BCUT2D eigenvalue weighted by Gasteiger charge is 2.26. The fourth-order valence-electron chi connectivity index (χ4n) is 4.17. The van der Waals surface area contributed by atoms with Gasteiger partial charge in [0.15, 0.2) is 0 Å². The van der Waals surface area contributed by atoms with Gasteiger partial charge in [0.2, 0.25) is 0 Å². The van der Waals surface area contributed by atoms with E-state index in [9.17, 15) is 14.4 Å². The first-order valence-electron chi connectivity index (χ1n) is 13.2. The molecule has 0 saturated carbocycles. The summed E-state index contributed by atoms with van der Waals surface area (Å²) in [6.45, 7) is 10.1. The van der Waals surface area contributed by atoms with Crippen molar-refractivity contribution in [1.29, 1.82) is 0 Å². The predicted molar refractivity (Wildman–Crippen MR) is 152 cm³/mol. The molecule has 39 heavy (non-hydrogen) atoms. The zero-order chi connectivity index (χ0) is 28.7. The van der Waals surface area contributed by atoms with Gasteiger partial charge in [0, 0.05) is 26.3 Å². The molecule has 11 heteroatoms. The Morgan fingerprint density at radius 1 is 1.03 bits per heavy atom. The number of urea groups is 1. The van der Waals surface area contributed by atoms with Gasteiger partial charge in [-0.25, -0.2) is 14.6 Å². The van der Waals surface area contributed by atoms with Crippen LogP contribution in [-0.4, -0.2) is 65.3 Å². The molecule has 0 N–H and O–H groups in total. The highest BCUT2D eigenvalue weighted by Crippen LogP contribution is 2.28. The number of likely N-dealkylation sites (tertiary alicyclic amines) is 1. The second kappa shape index (κ2) is 13.2. The number of piperidine rings is 1. The summed E-state index contributed by atoms with van der Waals surface area (Å²) in [4.78, 5) is 47.7. The number of carbonyl (C=O) groups excluding carboxylic acids is 1. The van der Waals surface area contributed by atoms with Crippen molar-refractivity contribution in [1.82, 2.24) is 14.1 Å². The van der Waals surface area contributed by atoms with E-state index < -0.39 is 17.3 Å². The minimum atomic E-state index is -0.742. The Bertz CT molecular complexity index is 1330. The monoisotopic (exact) mass is 541 g/mol. The van der Waals surface area contributed by atoms with Crippen molar-refractivity contribution in [2.45, 2.75) is 66.1 Å². The minimum Gasteiger partial charge on any atom is -0.496 e. The van der Waals surface area contributed by atoms with E-state index in [-0.39, 0.29) is 23.5 Å². The Hall–Kier alpha value is -4.02. The Kier molecular flexibility index (Phi) is 9.97. The fourth-order valence-corrected chi connectivity index (χ4v) is 4.17. The minimum absolute atomic E-state index is 0.0914. The molecule has 2 aromatic rings. The smallest absolute Gasteiger partial charge is 0.354 e. The number of methoxy groups -OCH3 is 1. The van der Waals surface area contributed by atoms with Crippen molar-refractivity contribution >= 4 is 23.7 Å². The first-order chi connectivity index (χ1) is 18.5. The predicted octanol–water partition coefficient (Wildman–Crippen LogP) is 3.72. The van der Waals surface area contributed by atoms with Crippen LogP contribution in [0.5, 0.6) is 5.75 Å². The normalized spacial score (nSPS) is 14.5. The highest BCUT2D eigenvalue weighted by molar-refractivity contribution is 5.98. The molecule has 2 heterocycles. The van der Waals surface area contributed by atoms with E-state index >= 15 is 0 Å². The van der Waals surface area contributed by atoms with Crippen LogP contribution in [0.1, 0.15) is 65.0 Å². The maximum atomic E-state index is 13.8. The number of amides is 2. The molecule has 1 fully saturated rings. The van der Waals surface area contributed by atoms with Gasteiger partial charge in [-0.2, -0.15) is 4.68 Å². The molecule has 0 spiro atoms. The third-order valence-electron chi connectivity index (χ3n) is 6.08. The Balaban J connectivity index is 2.26. The van der Waals surface area contributed by atoms with Gasteiger partial charge >= 0.3 is 11.7 Å². The number of aromatic nitrogens is 2. The van der Waals surface area contributed by atoms with E-state index in [4.69, 9.17) is 14.3 Å². The summed E-state index contributed by atoms with van der Waals surface area (Å²) in [6.07, 6.45) is 5.19. The fraction of sp³-hybridized carbons (Fsp3) is 0.500. The molecular formula is C28H39N5O6. The van der Waals surface area contributed by atoms with E-state index in [0.717, 1.165) is 28.9 Å². The van der Waals surface area contributed by atoms with Crippen molar-refractivity contribution in [3.8, 4) is 5.75 Å². The summed E-state index contributed by atoms with van der Waals surface area (Å²) < 4.78 is 13.6. The van der Waals surface area contributed by atoms with E-state index in [1.165, 1.54) is 24.0 Å². The topological polar surface area (TPSA) is 108 Å². The van der Waals surface area contributed by atoms with Gasteiger partial charge in [-0.05, 0) is 66.0 Å². The van der Waals surface area contributed by atoms with Crippen LogP contribution in [0, 0.1) is 0 Å². The first kappa shape index (κ1) is 29.5. The second-order valence-electron chi connectivity index (χ2n) is 9.89. The summed E-state index contributed by atoms with van der Waals surface area (Å²) in [5.74, 6) is 0.894. The molecule has 1 aliphatic rings. The maximum Gasteiger partial charge on any atom is 0.354 e. The number of carbonyl (C=O) groups is 1. The Morgan fingerprint density at radius 2 is 1.69 bits per heavy atom. The lowest BCUT2D eigenvalue weighted by Crippen LogP contribution is -2.57. The summed E-state index contributed by atoms with van der Waals surface area (Å²) in [5, 5.41) is 5.14. The average Bonchev–Trinajstić information content (AvgIpc) is 2.92. The van der Waals surface area contributed by atoms with Crippen LogP contribution in [-0.2, 0) is 9.57 Å². The first-order valence-corrected chi connectivity index (χ1v) is 13.2. The van der Waals surface area contributed by atoms with Crippen LogP contribution in [0.2, 0.25) is 0 Å². The highest BCUT2D eigenvalue weighted by atomic mass is 16.6. The Labute approximate surface area is 228 Å². The molecule has 11 nitrogen and oxygen atoms in total. The van der Waals surface area contributed by atoms with Crippen LogP contribution in [0.25, 0.3) is 12.0 Å². The lowest BCUT2D eigenvalue weighted by molar-refractivity contribution is 0.0860. The molecule has 0 radical (unpaired) electrons. The standard InChI is InChI=1S/C28H39N5O6/c1-19(2)38-25(22-13-9-10-14-24(22)37-7)18-32-17-23(21(5)29-39-20(3)4)26(34)33(28(32)36)30(6)27(35)31-15-11-8-12-16-31/h9-10,13-14,17-20H,8,11-12,15-16H2,1-7H3/b25-18-,29-21+. The van der Waals surface area contributed by atoms with Crippen LogP contribution < -0.4 is 21.0 Å². The molecule has 0 aliphatic carbocycles. The van der Waals surface area contributed by atoms with Gasteiger partial charge in [-0.1, -0.05) is 17.3 Å². The maximum absolute atomic E-state index is 13.8. The largest absolute Gasteiger partial charge is 0.496 e. The van der Waals surface area contributed by atoms with Crippen LogP contribution in [0.15, 0.2) is 45.2 Å². The van der Waals surface area contributed by atoms with Crippen molar-refractivity contribution in [3.05, 3.63) is 62.4 Å². The third kappa shape index (κ3) is 7.10. The van der Waals surface area contributed by atoms with Crippen molar-refractivity contribution < 1.29 is 19.1 Å². The van der Waals surface area contributed by atoms with Crippen molar-refractivity contribution in [2.24, 2.45) is 5.16 Å². The van der Waals surface area contributed by atoms with Crippen LogP contribution in [0.4, 0.5) is 4.79 Å². The van der Waals surface area contributed by atoms with E-state index in [1.807, 2.05) is 45.9 Å². The summed E-state index contributed by atoms with van der Waals surface area (Å²) in [5.41, 5.74) is -0.462. The van der Waals surface area contributed by atoms with E-state index in [0.29, 0.717) is 30.2 Å². The van der Waals surface area contributed by atoms with Gasteiger partial charge in [0.05, 0.1) is 36.3 Å². The number of para-hydroxylation sites is 1. The second-order valence-corrected chi connectivity index (χ2v) is 9.89. The van der Waals surface area contributed by atoms with Crippen LogP contribution >= 0.6 is 0 Å². The van der Waals surface area contributed by atoms with E-state index in [1.54, 1.807) is 25.0 Å².